The molecule has 1 fully saturated rings. The van der Waals surface area contributed by atoms with Gasteiger partial charge in [-0.3, -0.25) is 14.4 Å². The number of carbonyl (C=O) groups excluding carboxylic acids is 3. The molecule has 0 bridgehead atoms. The summed E-state index contributed by atoms with van der Waals surface area (Å²) >= 11 is 0. The van der Waals surface area contributed by atoms with Gasteiger partial charge in [-0.1, -0.05) is 32.0 Å². The van der Waals surface area contributed by atoms with Crippen molar-refractivity contribution in [1.82, 2.24) is 10.2 Å². The Balaban J connectivity index is 1.59. The molecule has 6 heteroatoms. The fourth-order valence-electron chi connectivity index (χ4n) is 3.88. The topological polar surface area (TPSA) is 75.7 Å². The predicted molar refractivity (Wildman–Crippen MR) is 119 cm³/mol. The second-order valence-corrected chi connectivity index (χ2v) is 8.25. The van der Waals surface area contributed by atoms with Crippen molar-refractivity contribution in [3.8, 4) is 5.75 Å². The van der Waals surface area contributed by atoms with Crippen LogP contribution in [0.2, 0.25) is 0 Å². The van der Waals surface area contributed by atoms with Crippen LogP contribution in [-0.2, 0) is 4.79 Å². The summed E-state index contributed by atoms with van der Waals surface area (Å²) in [4.78, 5) is 40.3. The van der Waals surface area contributed by atoms with Gasteiger partial charge in [-0.15, -0.1) is 0 Å². The van der Waals surface area contributed by atoms with E-state index in [1.165, 1.54) is 0 Å². The van der Waals surface area contributed by atoms with E-state index in [2.05, 4.69) is 5.32 Å². The SMILES string of the molecule is COc1ccc(C(=O)C2CCN(C(=O)[C@@H](NC(=O)c3ccccc3)C(C)C)CC2)cc1. The monoisotopic (exact) mass is 422 g/mol. The van der Waals surface area contributed by atoms with Crippen LogP contribution >= 0.6 is 0 Å². The maximum absolute atomic E-state index is 13.1. The summed E-state index contributed by atoms with van der Waals surface area (Å²) in [7, 11) is 1.59. The number of rotatable bonds is 7. The Morgan fingerprint density at radius 1 is 0.935 bits per heavy atom. The van der Waals surface area contributed by atoms with Crippen molar-refractivity contribution in [3.05, 3.63) is 65.7 Å². The normalized spacial score (nSPS) is 15.4. The fourth-order valence-corrected chi connectivity index (χ4v) is 3.88. The third kappa shape index (κ3) is 5.51. The third-order valence-electron chi connectivity index (χ3n) is 5.81. The van der Waals surface area contributed by atoms with Crippen LogP contribution in [0, 0.1) is 11.8 Å². The Morgan fingerprint density at radius 3 is 2.10 bits per heavy atom. The molecule has 0 spiro atoms. The second kappa shape index (κ2) is 10.2. The van der Waals surface area contributed by atoms with E-state index in [1.54, 1.807) is 60.5 Å². The first kappa shape index (κ1) is 22.5. The first-order chi connectivity index (χ1) is 14.9. The number of piperidine rings is 1. The van der Waals surface area contributed by atoms with E-state index in [9.17, 15) is 14.4 Å². The van der Waals surface area contributed by atoms with Gasteiger partial charge < -0.3 is 15.0 Å². The van der Waals surface area contributed by atoms with Gasteiger partial charge in [0.2, 0.25) is 5.91 Å². The summed E-state index contributed by atoms with van der Waals surface area (Å²) in [5, 5.41) is 2.89. The summed E-state index contributed by atoms with van der Waals surface area (Å²) in [5.74, 6) is 0.335. The smallest absolute Gasteiger partial charge is 0.251 e. The summed E-state index contributed by atoms with van der Waals surface area (Å²) in [6.45, 7) is 4.87. The quantitative estimate of drug-likeness (QED) is 0.692. The summed E-state index contributed by atoms with van der Waals surface area (Å²) in [6, 6.07) is 15.4. The van der Waals surface area contributed by atoms with Crippen LogP contribution in [0.15, 0.2) is 54.6 Å². The van der Waals surface area contributed by atoms with Crippen LogP contribution < -0.4 is 10.1 Å². The minimum absolute atomic E-state index is 0.0428. The fraction of sp³-hybridized carbons (Fsp3) is 0.400. The highest BCUT2D eigenvalue weighted by Gasteiger charge is 2.33. The number of nitrogens with zero attached hydrogens (tertiary/aromatic N) is 1. The summed E-state index contributed by atoms with van der Waals surface area (Å²) in [6.07, 6.45) is 1.24. The number of benzene rings is 2. The van der Waals surface area contributed by atoms with Crippen LogP contribution in [0.4, 0.5) is 0 Å². The number of hydrogen-bond donors (Lipinski definition) is 1. The lowest BCUT2D eigenvalue weighted by atomic mass is 9.88. The largest absolute Gasteiger partial charge is 0.497 e. The van der Waals surface area contributed by atoms with Crippen molar-refractivity contribution >= 4 is 17.6 Å². The average Bonchev–Trinajstić information content (AvgIpc) is 2.82. The average molecular weight is 423 g/mol. The Morgan fingerprint density at radius 2 is 1.55 bits per heavy atom. The number of carbonyl (C=O) groups is 3. The van der Waals surface area contributed by atoms with Crippen LogP contribution in [-0.4, -0.2) is 48.7 Å². The lowest BCUT2D eigenvalue weighted by molar-refractivity contribution is -0.135. The number of Topliss-reactive ketones (excluding diaryl/α,β-unsaturated/α-hetero) is 1. The van der Waals surface area contributed by atoms with Gasteiger partial charge in [0.05, 0.1) is 7.11 Å². The van der Waals surface area contributed by atoms with E-state index < -0.39 is 6.04 Å². The second-order valence-electron chi connectivity index (χ2n) is 8.25. The van der Waals surface area contributed by atoms with E-state index in [1.807, 2.05) is 19.9 Å². The van der Waals surface area contributed by atoms with Crippen LogP contribution in [0.3, 0.4) is 0 Å². The standard InChI is InChI=1S/C25H30N2O4/c1-17(2)22(26-24(29)20-7-5-4-6-8-20)25(30)27-15-13-19(14-16-27)23(28)18-9-11-21(31-3)12-10-18/h4-12,17,19,22H,13-16H2,1-3H3,(H,26,29)/t22-/m0/s1. The van der Waals surface area contributed by atoms with E-state index in [0.717, 1.165) is 0 Å². The number of ketones is 1. The lowest BCUT2D eigenvalue weighted by Gasteiger charge is -2.35. The molecule has 2 amide bonds. The highest BCUT2D eigenvalue weighted by molar-refractivity contribution is 5.99. The Bertz CT molecular complexity index is 901. The zero-order valence-electron chi connectivity index (χ0n) is 18.3. The van der Waals surface area contributed by atoms with Gasteiger partial charge >= 0.3 is 0 Å². The van der Waals surface area contributed by atoms with Gasteiger partial charge in [0.25, 0.3) is 5.91 Å². The number of likely N-dealkylation sites (tertiary alicyclic amines) is 1. The molecule has 1 N–H and O–H groups in total. The highest BCUT2D eigenvalue weighted by Crippen LogP contribution is 2.24. The Kier molecular flexibility index (Phi) is 7.45. The van der Waals surface area contributed by atoms with Crippen LogP contribution in [0.1, 0.15) is 47.4 Å². The molecule has 2 aromatic carbocycles. The van der Waals surface area contributed by atoms with Crippen molar-refractivity contribution in [2.75, 3.05) is 20.2 Å². The van der Waals surface area contributed by atoms with Gasteiger partial charge in [-0.25, -0.2) is 0 Å². The van der Waals surface area contributed by atoms with E-state index in [4.69, 9.17) is 4.74 Å². The molecule has 164 valence electrons. The van der Waals surface area contributed by atoms with Crippen molar-refractivity contribution in [2.45, 2.75) is 32.7 Å². The molecule has 1 saturated heterocycles. The van der Waals surface area contributed by atoms with Crippen LogP contribution in [0.5, 0.6) is 5.75 Å². The highest BCUT2D eigenvalue weighted by atomic mass is 16.5. The molecule has 6 nitrogen and oxygen atoms in total. The lowest BCUT2D eigenvalue weighted by Crippen LogP contribution is -2.53. The zero-order valence-corrected chi connectivity index (χ0v) is 18.3. The number of nitrogens with one attached hydrogen (secondary N) is 1. The van der Waals surface area contributed by atoms with E-state index in [0.29, 0.717) is 42.8 Å². The maximum Gasteiger partial charge on any atom is 0.251 e. The van der Waals surface area contributed by atoms with Gasteiger partial charge in [-0.2, -0.15) is 0 Å². The predicted octanol–water partition coefficient (Wildman–Crippen LogP) is 3.57. The maximum atomic E-state index is 13.1. The zero-order chi connectivity index (χ0) is 22.4. The van der Waals surface area contributed by atoms with E-state index in [-0.39, 0.29) is 29.4 Å². The minimum Gasteiger partial charge on any atom is -0.497 e. The molecule has 1 heterocycles. The Hall–Kier alpha value is -3.15. The first-order valence-electron chi connectivity index (χ1n) is 10.7. The summed E-state index contributed by atoms with van der Waals surface area (Å²) < 4.78 is 5.15. The molecule has 0 aromatic heterocycles. The van der Waals surface area contributed by atoms with Crippen LogP contribution in [0.25, 0.3) is 0 Å². The van der Waals surface area contributed by atoms with Crippen molar-refractivity contribution < 1.29 is 19.1 Å². The van der Waals surface area contributed by atoms with Crippen molar-refractivity contribution in [3.63, 3.8) is 0 Å². The van der Waals surface area contributed by atoms with Gasteiger partial charge in [0.1, 0.15) is 11.8 Å². The van der Waals surface area contributed by atoms with Gasteiger partial charge in [-0.05, 0) is 55.2 Å². The third-order valence-corrected chi connectivity index (χ3v) is 5.81. The molecular weight excluding hydrogens is 392 g/mol. The molecule has 31 heavy (non-hydrogen) atoms. The first-order valence-corrected chi connectivity index (χ1v) is 10.7. The van der Waals surface area contributed by atoms with Crippen molar-refractivity contribution in [1.29, 1.82) is 0 Å². The molecule has 0 radical (unpaired) electrons. The van der Waals surface area contributed by atoms with E-state index >= 15 is 0 Å². The molecule has 2 aromatic rings. The number of hydrogen-bond acceptors (Lipinski definition) is 4. The molecular formula is C25H30N2O4. The molecule has 1 aliphatic heterocycles. The van der Waals surface area contributed by atoms with Gasteiger partial charge in [0.15, 0.2) is 5.78 Å². The number of methoxy groups -OCH3 is 1. The molecule has 1 aliphatic rings. The molecule has 3 rings (SSSR count). The Labute approximate surface area is 183 Å². The van der Waals surface area contributed by atoms with Gasteiger partial charge in [0, 0.05) is 30.1 Å². The summed E-state index contributed by atoms with van der Waals surface area (Å²) in [5.41, 5.74) is 1.20. The number of amides is 2. The molecule has 0 saturated carbocycles. The van der Waals surface area contributed by atoms with Crippen molar-refractivity contribution in [2.24, 2.45) is 11.8 Å². The molecule has 0 aliphatic carbocycles. The molecule has 1 atom stereocenters. The number of ether oxygens (including phenoxy) is 1. The minimum atomic E-state index is -0.596. The molecule has 0 unspecified atom stereocenters.